The van der Waals surface area contributed by atoms with Crippen LogP contribution in [0.2, 0.25) is 0 Å². The lowest BCUT2D eigenvalue weighted by atomic mass is 10.0. The van der Waals surface area contributed by atoms with Gasteiger partial charge in [0, 0.05) is 7.05 Å². The maximum atomic E-state index is 13.3. The van der Waals surface area contributed by atoms with Crippen LogP contribution in [0.5, 0.6) is 5.88 Å². The molecule has 0 aliphatic carbocycles. The van der Waals surface area contributed by atoms with Crippen LogP contribution >= 0.6 is 0 Å². The molecular weight excluding hydrogens is 464 g/mol. The number of aryl methyl sites for hydroxylation is 1. The minimum atomic E-state index is -4.14. The Labute approximate surface area is 195 Å². The molecule has 0 radical (unpaired) electrons. The van der Waals surface area contributed by atoms with Crippen molar-refractivity contribution < 1.29 is 37.3 Å². The molecule has 2 aromatic carbocycles. The summed E-state index contributed by atoms with van der Waals surface area (Å²) in [4.78, 5) is 24.2. The molecule has 1 N–H and O–H groups in total. The molecule has 10 nitrogen and oxygen atoms in total. The van der Waals surface area contributed by atoms with Gasteiger partial charge in [0.25, 0.3) is 0 Å². The number of sulfone groups is 1. The van der Waals surface area contributed by atoms with Gasteiger partial charge in [0.1, 0.15) is 12.2 Å². The van der Waals surface area contributed by atoms with Crippen LogP contribution in [0.3, 0.4) is 0 Å². The van der Waals surface area contributed by atoms with Crippen LogP contribution < -0.4 is 4.74 Å². The summed E-state index contributed by atoms with van der Waals surface area (Å²) < 4.78 is 43.0. The lowest BCUT2D eigenvalue weighted by molar-refractivity contribution is -0.130. The van der Waals surface area contributed by atoms with Gasteiger partial charge in [-0.05, 0) is 23.3 Å². The Kier molecular flexibility index (Phi) is 7.37. The number of benzene rings is 2. The van der Waals surface area contributed by atoms with Gasteiger partial charge in [-0.2, -0.15) is 0 Å². The Balaban J connectivity index is 2.06. The fraction of sp³-hybridized carbons (Fsp3) is 0.174. The highest BCUT2D eigenvalue weighted by molar-refractivity contribution is 7.91. The predicted molar refractivity (Wildman–Crippen MR) is 120 cm³/mol. The van der Waals surface area contributed by atoms with Crippen LogP contribution in [0.4, 0.5) is 0 Å². The van der Waals surface area contributed by atoms with E-state index in [0.29, 0.717) is 11.1 Å². The van der Waals surface area contributed by atoms with E-state index in [1.807, 2.05) is 0 Å². The zero-order chi connectivity index (χ0) is 24.9. The Bertz CT molecular complexity index is 1340. The van der Waals surface area contributed by atoms with Crippen molar-refractivity contribution in [1.29, 1.82) is 0 Å². The minimum Gasteiger partial charge on any atom is -0.503 e. The van der Waals surface area contributed by atoms with Crippen molar-refractivity contribution in [3.63, 3.8) is 0 Å². The summed E-state index contributed by atoms with van der Waals surface area (Å²) in [6.45, 7) is -0.212. The maximum Gasteiger partial charge on any atom is 0.346 e. The van der Waals surface area contributed by atoms with Crippen molar-refractivity contribution in [2.24, 2.45) is 7.05 Å². The van der Waals surface area contributed by atoms with Crippen molar-refractivity contribution >= 4 is 27.3 Å². The van der Waals surface area contributed by atoms with Gasteiger partial charge in [-0.3, -0.25) is 4.68 Å². The highest BCUT2D eigenvalue weighted by Gasteiger charge is 2.34. The topological polar surface area (TPSA) is 134 Å². The van der Waals surface area contributed by atoms with Gasteiger partial charge in [-0.25, -0.2) is 18.0 Å². The maximum absolute atomic E-state index is 13.3. The highest BCUT2D eigenvalue weighted by Crippen LogP contribution is 2.31. The normalized spacial score (nSPS) is 11.7. The standard InChI is InChI=1S/C23H22N2O8S/c1-25-21(34(29,30)16-10-5-4-6-11-16)19(23(28)32-3)20(24-25)33-13-15-9-7-8-12-17(15)18(14-31-2)22(26)27/h4-12,14H,13H2,1-3H3,(H,26,27)/b18-14+. The number of carboxylic acid groups (broad SMARTS) is 1. The van der Waals surface area contributed by atoms with Gasteiger partial charge < -0.3 is 19.3 Å². The minimum absolute atomic E-state index is 0.0316. The molecule has 11 heteroatoms. The average molecular weight is 487 g/mol. The van der Waals surface area contributed by atoms with Crippen LogP contribution in [-0.4, -0.2) is 49.5 Å². The van der Waals surface area contributed by atoms with E-state index >= 15 is 0 Å². The van der Waals surface area contributed by atoms with Crippen molar-refractivity contribution in [2.75, 3.05) is 14.2 Å². The van der Waals surface area contributed by atoms with Gasteiger partial charge in [0.05, 0.1) is 25.4 Å². The molecule has 0 aliphatic heterocycles. The predicted octanol–water partition coefficient (Wildman–Crippen LogP) is 2.69. The summed E-state index contributed by atoms with van der Waals surface area (Å²) in [5.74, 6) is -2.43. The molecule has 0 amide bonds. The first-order valence-electron chi connectivity index (χ1n) is 9.85. The number of hydrogen-bond acceptors (Lipinski definition) is 8. The highest BCUT2D eigenvalue weighted by atomic mass is 32.2. The molecule has 1 aromatic heterocycles. The third kappa shape index (κ3) is 4.79. The Hall–Kier alpha value is -4.12. The van der Waals surface area contributed by atoms with Crippen molar-refractivity contribution in [3.8, 4) is 5.88 Å². The lowest BCUT2D eigenvalue weighted by Crippen LogP contribution is -2.14. The summed E-state index contributed by atoms with van der Waals surface area (Å²) in [5, 5.41) is 13.2. The molecule has 0 saturated heterocycles. The van der Waals surface area contributed by atoms with Crippen LogP contribution in [-0.2, 0) is 37.8 Å². The zero-order valence-electron chi connectivity index (χ0n) is 18.6. The third-order valence-corrected chi connectivity index (χ3v) is 6.67. The van der Waals surface area contributed by atoms with Crippen LogP contribution in [0, 0.1) is 0 Å². The molecule has 3 rings (SSSR count). The summed E-state index contributed by atoms with van der Waals surface area (Å²) in [7, 11) is -0.334. The van der Waals surface area contributed by atoms with E-state index in [0.717, 1.165) is 18.1 Å². The summed E-state index contributed by atoms with van der Waals surface area (Å²) in [5.41, 5.74) is 0.298. The first-order chi connectivity index (χ1) is 16.2. The zero-order valence-corrected chi connectivity index (χ0v) is 19.4. The van der Waals surface area contributed by atoms with Crippen LogP contribution in [0.25, 0.3) is 5.57 Å². The number of carboxylic acids is 1. The number of hydrogen-bond donors (Lipinski definition) is 1. The summed E-state index contributed by atoms with van der Waals surface area (Å²) >= 11 is 0. The van der Waals surface area contributed by atoms with Gasteiger partial charge in [-0.15, -0.1) is 5.10 Å². The Morgan fingerprint density at radius 3 is 2.32 bits per heavy atom. The SMILES string of the molecule is CO/C=C(/C(=O)O)c1ccccc1COc1nn(C)c(S(=O)(=O)c2ccccc2)c1C(=O)OC. The van der Waals surface area contributed by atoms with Crippen molar-refractivity contribution in [3.05, 3.63) is 77.5 Å². The van der Waals surface area contributed by atoms with Crippen molar-refractivity contribution in [2.45, 2.75) is 16.5 Å². The number of aliphatic carboxylic acids is 1. The van der Waals surface area contributed by atoms with Crippen LogP contribution in [0.1, 0.15) is 21.5 Å². The van der Waals surface area contributed by atoms with Gasteiger partial charge >= 0.3 is 11.9 Å². The molecule has 0 spiro atoms. The summed E-state index contributed by atoms with van der Waals surface area (Å²) in [6, 6.07) is 14.1. The Morgan fingerprint density at radius 1 is 1.06 bits per heavy atom. The lowest BCUT2D eigenvalue weighted by Gasteiger charge is -2.11. The van der Waals surface area contributed by atoms with E-state index in [-0.39, 0.29) is 33.5 Å². The molecule has 3 aromatic rings. The van der Waals surface area contributed by atoms with E-state index < -0.39 is 21.8 Å². The monoisotopic (exact) mass is 486 g/mol. The number of rotatable bonds is 9. The van der Waals surface area contributed by atoms with Gasteiger partial charge in [0.2, 0.25) is 15.7 Å². The number of carbonyl (C=O) groups is 2. The molecule has 0 bridgehead atoms. The fourth-order valence-corrected chi connectivity index (χ4v) is 4.85. The molecule has 1 heterocycles. The third-order valence-electron chi connectivity index (χ3n) is 4.80. The average Bonchev–Trinajstić information content (AvgIpc) is 3.18. The number of methoxy groups -OCH3 is 2. The molecule has 0 fully saturated rings. The molecule has 34 heavy (non-hydrogen) atoms. The number of carbonyl (C=O) groups excluding carboxylic acids is 1. The molecule has 0 saturated carbocycles. The van der Waals surface area contributed by atoms with E-state index in [9.17, 15) is 23.1 Å². The quantitative estimate of drug-likeness (QED) is 0.275. The van der Waals surface area contributed by atoms with E-state index in [1.54, 1.807) is 42.5 Å². The number of nitrogens with zero attached hydrogens (tertiary/aromatic N) is 2. The first kappa shape index (κ1) is 24.5. The Morgan fingerprint density at radius 2 is 1.71 bits per heavy atom. The molecule has 0 aliphatic rings. The molecule has 0 unspecified atom stereocenters. The molecule has 0 atom stereocenters. The van der Waals surface area contributed by atoms with E-state index in [2.05, 4.69) is 5.10 Å². The smallest absolute Gasteiger partial charge is 0.346 e. The first-order valence-corrected chi connectivity index (χ1v) is 11.3. The van der Waals surface area contributed by atoms with E-state index in [1.165, 1.54) is 26.3 Å². The largest absolute Gasteiger partial charge is 0.503 e. The second-order valence-electron chi connectivity index (χ2n) is 6.94. The van der Waals surface area contributed by atoms with Gasteiger partial charge in [0.15, 0.2) is 10.6 Å². The number of ether oxygens (including phenoxy) is 3. The number of aromatic nitrogens is 2. The fourth-order valence-electron chi connectivity index (χ4n) is 3.28. The van der Waals surface area contributed by atoms with Crippen LogP contribution in [0.15, 0.2) is 70.8 Å². The molecule has 178 valence electrons. The second kappa shape index (κ2) is 10.2. The number of esters is 1. The van der Waals surface area contributed by atoms with Gasteiger partial charge in [-0.1, -0.05) is 42.5 Å². The second-order valence-corrected chi connectivity index (χ2v) is 8.80. The summed E-state index contributed by atoms with van der Waals surface area (Å²) in [6.07, 6.45) is 1.09. The molecular formula is C23H22N2O8S. The van der Waals surface area contributed by atoms with Crippen molar-refractivity contribution in [1.82, 2.24) is 9.78 Å². The van der Waals surface area contributed by atoms with E-state index in [4.69, 9.17) is 14.2 Å².